The number of hydrogen-bond donors (Lipinski definition) is 2. The maximum atomic E-state index is 9.42. The highest BCUT2D eigenvalue weighted by atomic mass is 32.2. The van der Waals surface area contributed by atoms with Crippen LogP contribution in [0.1, 0.15) is 45.2 Å². The minimum Gasteiger partial charge on any atom is -0.393 e. The fourth-order valence-corrected chi connectivity index (χ4v) is 5.00. The second-order valence-electron chi connectivity index (χ2n) is 5.03. The molecule has 96 valence electrons. The molecular formula is C13H21NOS2. The molecule has 0 radical (unpaired) electrons. The van der Waals surface area contributed by atoms with Gasteiger partial charge in [-0.2, -0.15) is 0 Å². The highest BCUT2D eigenvalue weighted by Crippen LogP contribution is 2.43. The molecule has 2 rings (SSSR count). The number of hydrogen-bond acceptors (Lipinski definition) is 4. The Morgan fingerprint density at radius 2 is 2.29 bits per heavy atom. The summed E-state index contributed by atoms with van der Waals surface area (Å²) in [4.78, 5) is 0. The van der Waals surface area contributed by atoms with Gasteiger partial charge in [0.25, 0.3) is 0 Å². The highest BCUT2D eigenvalue weighted by Gasteiger charge is 2.27. The Bertz CT molecular complexity index is 364. The third-order valence-corrected chi connectivity index (χ3v) is 5.43. The third kappa shape index (κ3) is 3.47. The molecule has 0 fully saturated rings. The predicted molar refractivity (Wildman–Crippen MR) is 75.9 cm³/mol. The van der Waals surface area contributed by atoms with Crippen molar-refractivity contribution in [3.8, 4) is 0 Å². The number of nitrogens with one attached hydrogen (secondary N) is 1. The molecule has 2 heterocycles. The Labute approximate surface area is 112 Å². The van der Waals surface area contributed by atoms with E-state index in [1.807, 2.05) is 30.0 Å². The molecule has 1 aliphatic heterocycles. The smallest absolute Gasteiger partial charge is 0.0649 e. The zero-order chi connectivity index (χ0) is 12.4. The van der Waals surface area contributed by atoms with Crippen LogP contribution < -0.4 is 5.32 Å². The fourth-order valence-electron chi connectivity index (χ4n) is 2.43. The van der Waals surface area contributed by atoms with Crippen molar-refractivity contribution in [2.24, 2.45) is 0 Å². The minimum absolute atomic E-state index is 0.227. The topological polar surface area (TPSA) is 32.3 Å². The van der Waals surface area contributed by atoms with E-state index < -0.39 is 0 Å². The molecular weight excluding hydrogens is 250 g/mol. The summed E-state index contributed by atoms with van der Waals surface area (Å²) in [5, 5.41) is 15.9. The molecule has 0 saturated carbocycles. The Kier molecular flexibility index (Phi) is 4.53. The molecule has 0 saturated heterocycles. The molecule has 1 aromatic rings. The van der Waals surface area contributed by atoms with Crippen LogP contribution in [0.2, 0.25) is 0 Å². The zero-order valence-corrected chi connectivity index (χ0v) is 12.3. The van der Waals surface area contributed by atoms with Crippen molar-refractivity contribution in [2.45, 2.75) is 61.3 Å². The number of rotatable bonds is 4. The number of thiophene rings is 1. The van der Waals surface area contributed by atoms with Gasteiger partial charge in [0.1, 0.15) is 0 Å². The molecule has 1 aromatic heterocycles. The second kappa shape index (κ2) is 5.74. The fraction of sp³-hybridized carbons (Fsp3) is 0.692. The van der Waals surface area contributed by atoms with Crippen LogP contribution in [0.15, 0.2) is 15.7 Å². The Morgan fingerprint density at radius 1 is 1.53 bits per heavy atom. The molecule has 0 aliphatic carbocycles. The molecule has 17 heavy (non-hydrogen) atoms. The van der Waals surface area contributed by atoms with E-state index in [-0.39, 0.29) is 6.10 Å². The molecule has 1 aliphatic rings. The first kappa shape index (κ1) is 13.4. The van der Waals surface area contributed by atoms with Gasteiger partial charge in [0.05, 0.1) is 10.3 Å². The summed E-state index contributed by atoms with van der Waals surface area (Å²) in [6.07, 6.45) is 1.77. The van der Waals surface area contributed by atoms with Gasteiger partial charge in [-0.1, -0.05) is 6.92 Å². The van der Waals surface area contributed by atoms with E-state index in [1.165, 1.54) is 16.2 Å². The summed E-state index contributed by atoms with van der Waals surface area (Å²) in [6.45, 7) is 6.31. The van der Waals surface area contributed by atoms with Gasteiger partial charge in [0, 0.05) is 17.3 Å². The Balaban J connectivity index is 2.02. The number of aliphatic hydroxyl groups is 1. The SMILES string of the molecule is CC(O)CC(C)NC1C[C@H](C)Sc2sccc21. The first-order valence-electron chi connectivity index (χ1n) is 6.24. The number of thioether (sulfide) groups is 1. The van der Waals surface area contributed by atoms with Gasteiger partial charge in [-0.3, -0.25) is 0 Å². The minimum atomic E-state index is -0.227. The van der Waals surface area contributed by atoms with Gasteiger partial charge in [0.2, 0.25) is 0 Å². The van der Waals surface area contributed by atoms with Crippen LogP contribution >= 0.6 is 23.1 Å². The quantitative estimate of drug-likeness (QED) is 0.880. The van der Waals surface area contributed by atoms with Gasteiger partial charge >= 0.3 is 0 Å². The molecule has 2 nitrogen and oxygen atoms in total. The molecule has 4 atom stereocenters. The molecule has 3 unspecified atom stereocenters. The van der Waals surface area contributed by atoms with Crippen LogP contribution in [0.4, 0.5) is 0 Å². The van der Waals surface area contributed by atoms with Crippen molar-refractivity contribution in [1.82, 2.24) is 5.32 Å². The van der Waals surface area contributed by atoms with E-state index in [2.05, 4.69) is 30.6 Å². The Hall–Kier alpha value is -0.0300. The number of fused-ring (bicyclic) bond motifs is 1. The van der Waals surface area contributed by atoms with Gasteiger partial charge in [-0.15, -0.1) is 23.1 Å². The summed E-state index contributed by atoms with van der Waals surface area (Å²) in [5.74, 6) is 0. The molecule has 0 spiro atoms. The van der Waals surface area contributed by atoms with Gasteiger partial charge in [0.15, 0.2) is 0 Å². The van der Waals surface area contributed by atoms with E-state index in [0.29, 0.717) is 17.3 Å². The summed E-state index contributed by atoms with van der Waals surface area (Å²) < 4.78 is 1.46. The first-order valence-corrected chi connectivity index (χ1v) is 8.00. The summed E-state index contributed by atoms with van der Waals surface area (Å²) in [5.41, 5.74) is 1.45. The summed E-state index contributed by atoms with van der Waals surface area (Å²) in [7, 11) is 0. The van der Waals surface area contributed by atoms with Crippen molar-refractivity contribution < 1.29 is 5.11 Å². The highest BCUT2D eigenvalue weighted by molar-refractivity contribution is 8.01. The van der Waals surface area contributed by atoms with E-state index in [4.69, 9.17) is 0 Å². The maximum absolute atomic E-state index is 9.42. The van der Waals surface area contributed by atoms with E-state index in [1.54, 1.807) is 0 Å². The van der Waals surface area contributed by atoms with Crippen molar-refractivity contribution in [2.75, 3.05) is 0 Å². The molecule has 0 amide bonds. The van der Waals surface area contributed by atoms with E-state index >= 15 is 0 Å². The normalized spacial score (nSPS) is 27.5. The molecule has 0 bridgehead atoms. The van der Waals surface area contributed by atoms with Crippen molar-refractivity contribution in [1.29, 1.82) is 0 Å². The van der Waals surface area contributed by atoms with Crippen LogP contribution in [-0.2, 0) is 0 Å². The maximum Gasteiger partial charge on any atom is 0.0649 e. The Morgan fingerprint density at radius 3 is 3.00 bits per heavy atom. The van der Waals surface area contributed by atoms with Crippen molar-refractivity contribution in [3.63, 3.8) is 0 Å². The lowest BCUT2D eigenvalue weighted by molar-refractivity contribution is 0.167. The molecule has 0 aromatic carbocycles. The average Bonchev–Trinajstić information content (AvgIpc) is 2.63. The third-order valence-electron chi connectivity index (χ3n) is 3.09. The lowest BCUT2D eigenvalue weighted by Crippen LogP contribution is -2.35. The van der Waals surface area contributed by atoms with Crippen molar-refractivity contribution >= 4 is 23.1 Å². The van der Waals surface area contributed by atoms with Gasteiger partial charge in [-0.05, 0) is 43.7 Å². The molecule has 2 N–H and O–H groups in total. The van der Waals surface area contributed by atoms with E-state index in [9.17, 15) is 5.11 Å². The van der Waals surface area contributed by atoms with E-state index in [0.717, 1.165) is 6.42 Å². The van der Waals surface area contributed by atoms with Crippen LogP contribution in [0.5, 0.6) is 0 Å². The number of aliphatic hydroxyl groups excluding tert-OH is 1. The monoisotopic (exact) mass is 271 g/mol. The van der Waals surface area contributed by atoms with Gasteiger partial charge in [-0.25, -0.2) is 0 Å². The lowest BCUT2D eigenvalue weighted by Gasteiger charge is -2.30. The standard InChI is InChI=1S/C13H21NOS2/c1-8(6-9(2)15)14-12-7-10(3)17-13-11(12)4-5-16-13/h4-5,8-10,12,14-15H,6-7H2,1-3H3/t8?,9?,10-,12?/m0/s1. The van der Waals surface area contributed by atoms with Gasteiger partial charge < -0.3 is 10.4 Å². The molecule has 4 heteroatoms. The lowest BCUT2D eigenvalue weighted by atomic mass is 10.0. The summed E-state index contributed by atoms with van der Waals surface area (Å²) >= 11 is 3.84. The zero-order valence-electron chi connectivity index (χ0n) is 10.6. The first-order chi connectivity index (χ1) is 8.06. The average molecular weight is 271 g/mol. The largest absolute Gasteiger partial charge is 0.393 e. The summed E-state index contributed by atoms with van der Waals surface area (Å²) in [6, 6.07) is 3.07. The second-order valence-corrected chi connectivity index (χ2v) is 7.66. The predicted octanol–water partition coefficient (Wildman–Crippen LogP) is 3.42. The van der Waals surface area contributed by atoms with Crippen LogP contribution in [0, 0.1) is 0 Å². The van der Waals surface area contributed by atoms with Crippen LogP contribution in [0.25, 0.3) is 0 Å². The van der Waals surface area contributed by atoms with Crippen molar-refractivity contribution in [3.05, 3.63) is 17.0 Å². The van der Waals surface area contributed by atoms with Crippen LogP contribution in [-0.4, -0.2) is 22.5 Å². The van der Waals surface area contributed by atoms with Crippen LogP contribution in [0.3, 0.4) is 0 Å².